The van der Waals surface area contributed by atoms with Gasteiger partial charge in [-0.1, -0.05) is 42.5 Å². The Labute approximate surface area is 153 Å². The molecule has 0 unspecified atom stereocenters. The van der Waals surface area contributed by atoms with Gasteiger partial charge in [0.1, 0.15) is 5.56 Å². The van der Waals surface area contributed by atoms with Crippen LogP contribution in [0.4, 0.5) is 5.69 Å². The fourth-order valence-electron chi connectivity index (χ4n) is 2.69. The van der Waals surface area contributed by atoms with Crippen LogP contribution in [0.5, 0.6) is 0 Å². The summed E-state index contributed by atoms with van der Waals surface area (Å²) in [6.45, 7) is 6.33. The fraction of sp³-hybridized carbons (Fsp3) is 0.158. The van der Waals surface area contributed by atoms with Gasteiger partial charge in [-0.3, -0.25) is 14.9 Å². The monoisotopic (exact) mass is 367 g/mol. The number of para-hydroxylation sites is 1. The zero-order chi connectivity index (χ0) is 18.7. The third-order valence-electron chi connectivity index (χ3n) is 4.00. The number of rotatable bonds is 5. The summed E-state index contributed by atoms with van der Waals surface area (Å²) >= 11 is 1.39. The predicted molar refractivity (Wildman–Crippen MR) is 102 cm³/mol. The van der Waals surface area contributed by atoms with Crippen LogP contribution in [0.15, 0.2) is 60.1 Å². The Hall–Kier alpha value is -3.06. The van der Waals surface area contributed by atoms with Crippen LogP contribution in [-0.4, -0.2) is 15.4 Å². The molecule has 0 bridgehead atoms. The highest BCUT2D eigenvalue weighted by Gasteiger charge is 2.19. The minimum absolute atomic E-state index is 0.0191. The molecule has 1 aromatic heterocycles. The highest BCUT2D eigenvalue weighted by molar-refractivity contribution is 7.16. The maximum atomic E-state index is 12.6. The van der Waals surface area contributed by atoms with Crippen LogP contribution in [0.2, 0.25) is 0 Å². The molecule has 0 saturated carbocycles. The van der Waals surface area contributed by atoms with Crippen molar-refractivity contribution in [2.75, 3.05) is 0 Å². The number of thiazole rings is 1. The van der Waals surface area contributed by atoms with E-state index in [1.54, 1.807) is 12.1 Å². The van der Waals surface area contributed by atoms with Crippen molar-refractivity contribution in [3.8, 4) is 0 Å². The Morgan fingerprint density at radius 2 is 2.12 bits per heavy atom. The molecule has 0 saturated heterocycles. The predicted octanol–water partition coefficient (Wildman–Crippen LogP) is 4.10. The third-order valence-corrected chi connectivity index (χ3v) is 5.04. The van der Waals surface area contributed by atoms with Gasteiger partial charge in [0.15, 0.2) is 4.80 Å². The summed E-state index contributed by atoms with van der Waals surface area (Å²) in [6, 6.07) is 12.0. The van der Waals surface area contributed by atoms with Gasteiger partial charge in [-0.05, 0) is 30.2 Å². The van der Waals surface area contributed by atoms with E-state index in [-0.39, 0.29) is 11.3 Å². The first-order valence-electron chi connectivity index (χ1n) is 8.10. The van der Waals surface area contributed by atoms with Crippen molar-refractivity contribution in [1.82, 2.24) is 4.57 Å². The molecule has 0 atom stereocenters. The summed E-state index contributed by atoms with van der Waals surface area (Å²) in [5.74, 6) is -0.627. The number of carbonyl (C=O) groups excluding carboxylic acids is 1. The van der Waals surface area contributed by atoms with E-state index < -0.39 is 10.8 Å². The third kappa shape index (κ3) is 3.34. The Balaban J connectivity index is 2.17. The molecule has 0 N–H and O–H groups in total. The number of benzene rings is 2. The standard InChI is InChI=1S/C19H17N3O3S/c1-3-11-21-16-10-9-13(4-2)12-17(16)26-19(21)20-18(23)14-7-5-6-8-15(14)22(24)25/h3,5-10,12H,1,4,11H2,2H3. The van der Waals surface area contributed by atoms with Gasteiger partial charge in [0.05, 0.1) is 15.1 Å². The number of nitro benzene ring substituents is 1. The first-order chi connectivity index (χ1) is 12.5. The van der Waals surface area contributed by atoms with Gasteiger partial charge in [-0.25, -0.2) is 0 Å². The van der Waals surface area contributed by atoms with Crippen LogP contribution in [0, 0.1) is 10.1 Å². The second-order valence-electron chi connectivity index (χ2n) is 5.63. The second kappa shape index (κ2) is 7.45. The normalized spacial score (nSPS) is 11.7. The zero-order valence-corrected chi connectivity index (χ0v) is 15.0. The number of amides is 1. The van der Waals surface area contributed by atoms with E-state index in [0.717, 1.165) is 16.6 Å². The maximum Gasteiger partial charge on any atom is 0.286 e. The van der Waals surface area contributed by atoms with Gasteiger partial charge < -0.3 is 4.57 Å². The number of nitro groups is 1. The summed E-state index contributed by atoms with van der Waals surface area (Å²) in [4.78, 5) is 27.8. The molecule has 0 fully saturated rings. The second-order valence-corrected chi connectivity index (χ2v) is 6.64. The van der Waals surface area contributed by atoms with E-state index in [4.69, 9.17) is 0 Å². The summed E-state index contributed by atoms with van der Waals surface area (Å²) in [5.41, 5.74) is 1.89. The lowest BCUT2D eigenvalue weighted by molar-refractivity contribution is -0.385. The average molecular weight is 367 g/mol. The van der Waals surface area contributed by atoms with Crippen LogP contribution < -0.4 is 4.80 Å². The molecule has 26 heavy (non-hydrogen) atoms. The van der Waals surface area contributed by atoms with Crippen LogP contribution >= 0.6 is 11.3 Å². The lowest BCUT2D eigenvalue weighted by atomic mass is 10.1. The summed E-state index contributed by atoms with van der Waals surface area (Å²) in [6.07, 6.45) is 2.64. The quantitative estimate of drug-likeness (QED) is 0.387. The fourth-order valence-corrected chi connectivity index (χ4v) is 3.79. The van der Waals surface area contributed by atoms with Crippen LogP contribution in [-0.2, 0) is 13.0 Å². The molecule has 0 aliphatic carbocycles. The summed E-state index contributed by atoms with van der Waals surface area (Å²) in [5, 5.41) is 11.2. The molecule has 7 heteroatoms. The van der Waals surface area contributed by atoms with E-state index in [9.17, 15) is 14.9 Å². The largest absolute Gasteiger partial charge is 0.312 e. The van der Waals surface area contributed by atoms with Crippen molar-refractivity contribution in [2.24, 2.45) is 4.99 Å². The number of hydrogen-bond acceptors (Lipinski definition) is 4. The minimum atomic E-state index is -0.627. The van der Waals surface area contributed by atoms with Crippen molar-refractivity contribution in [1.29, 1.82) is 0 Å². The van der Waals surface area contributed by atoms with E-state index in [1.807, 2.05) is 16.7 Å². The van der Waals surface area contributed by atoms with Crippen molar-refractivity contribution in [2.45, 2.75) is 19.9 Å². The molecule has 0 aliphatic rings. The molecule has 0 spiro atoms. The minimum Gasteiger partial charge on any atom is -0.312 e. The number of hydrogen-bond donors (Lipinski definition) is 0. The van der Waals surface area contributed by atoms with Gasteiger partial charge in [-0.2, -0.15) is 4.99 Å². The Morgan fingerprint density at radius 1 is 1.35 bits per heavy atom. The number of aryl methyl sites for hydroxylation is 1. The van der Waals surface area contributed by atoms with Gasteiger partial charge >= 0.3 is 0 Å². The molecule has 1 amide bonds. The number of carbonyl (C=O) groups is 1. The van der Waals surface area contributed by atoms with Gasteiger partial charge in [0, 0.05) is 12.6 Å². The van der Waals surface area contributed by atoms with Crippen molar-refractivity contribution in [3.05, 3.63) is 81.2 Å². The van der Waals surface area contributed by atoms with Crippen molar-refractivity contribution in [3.63, 3.8) is 0 Å². The lowest BCUT2D eigenvalue weighted by Gasteiger charge is -2.02. The van der Waals surface area contributed by atoms with Gasteiger partial charge in [-0.15, -0.1) is 6.58 Å². The molecular weight excluding hydrogens is 350 g/mol. The molecular formula is C19H17N3O3S. The van der Waals surface area contributed by atoms with Crippen LogP contribution in [0.1, 0.15) is 22.8 Å². The van der Waals surface area contributed by atoms with E-state index in [2.05, 4.69) is 24.6 Å². The van der Waals surface area contributed by atoms with E-state index in [0.29, 0.717) is 11.3 Å². The Kier molecular flexibility index (Phi) is 5.09. The molecule has 2 aromatic carbocycles. The molecule has 3 rings (SSSR count). The average Bonchev–Trinajstić information content (AvgIpc) is 2.98. The van der Waals surface area contributed by atoms with Crippen LogP contribution in [0.3, 0.4) is 0 Å². The molecule has 0 radical (unpaired) electrons. The summed E-state index contributed by atoms with van der Waals surface area (Å²) in [7, 11) is 0. The molecule has 1 heterocycles. The number of allylic oxidation sites excluding steroid dienone is 1. The molecule has 132 valence electrons. The van der Waals surface area contributed by atoms with Gasteiger partial charge in [0.25, 0.3) is 11.6 Å². The Morgan fingerprint density at radius 3 is 2.81 bits per heavy atom. The van der Waals surface area contributed by atoms with E-state index in [1.165, 1.54) is 35.1 Å². The lowest BCUT2D eigenvalue weighted by Crippen LogP contribution is -2.16. The first kappa shape index (κ1) is 17.8. The van der Waals surface area contributed by atoms with Gasteiger partial charge in [0.2, 0.25) is 0 Å². The summed E-state index contributed by atoms with van der Waals surface area (Å²) < 4.78 is 2.90. The van der Waals surface area contributed by atoms with Crippen LogP contribution in [0.25, 0.3) is 10.2 Å². The molecule has 6 nitrogen and oxygen atoms in total. The van der Waals surface area contributed by atoms with E-state index >= 15 is 0 Å². The SMILES string of the molecule is C=CCn1c(=NC(=O)c2ccccc2[N+](=O)[O-])sc2cc(CC)ccc21. The first-order valence-corrected chi connectivity index (χ1v) is 8.92. The molecule has 3 aromatic rings. The number of aromatic nitrogens is 1. The Bertz CT molecular complexity index is 1080. The highest BCUT2D eigenvalue weighted by atomic mass is 32.1. The smallest absolute Gasteiger partial charge is 0.286 e. The zero-order valence-electron chi connectivity index (χ0n) is 14.2. The highest BCUT2D eigenvalue weighted by Crippen LogP contribution is 2.21. The number of fused-ring (bicyclic) bond motifs is 1. The van der Waals surface area contributed by atoms with Crippen molar-refractivity contribution >= 4 is 33.1 Å². The molecule has 0 aliphatic heterocycles. The maximum absolute atomic E-state index is 12.6. The number of nitrogens with zero attached hydrogens (tertiary/aromatic N) is 3. The van der Waals surface area contributed by atoms with Crippen molar-refractivity contribution < 1.29 is 9.72 Å². The topological polar surface area (TPSA) is 77.5 Å².